The standard InChI is InChI=1S/C23H13Cl4F4N3O2/c24-9-2-5-13(18(30)15(9)21(35)33-14-6-4-12(29)20(32)19(14)31)34-22(36)17-16(23(17,26)27)8-1-3-11(28)10(25)7-8/h1-7,16-17H,32H2,(H,33,35)(H,34,36)/t16-,17?/m0/s1. The number of nitrogens with one attached hydrogen (secondary N) is 2. The number of nitrogen functional groups attached to an aromatic ring is 1. The first-order chi connectivity index (χ1) is 16.8. The Hall–Kier alpha value is -2.72. The maximum Gasteiger partial charge on any atom is 0.260 e. The van der Waals surface area contributed by atoms with Gasteiger partial charge < -0.3 is 16.4 Å². The predicted octanol–water partition coefficient (Wildman–Crippen LogP) is 6.91. The van der Waals surface area contributed by atoms with Gasteiger partial charge in [0.05, 0.1) is 32.9 Å². The van der Waals surface area contributed by atoms with E-state index < -0.39 is 73.9 Å². The number of hydrogen-bond donors (Lipinski definition) is 3. The van der Waals surface area contributed by atoms with Gasteiger partial charge in [0.2, 0.25) is 5.91 Å². The van der Waals surface area contributed by atoms with E-state index in [0.717, 1.165) is 30.3 Å². The van der Waals surface area contributed by atoms with Gasteiger partial charge in [-0.25, -0.2) is 17.6 Å². The first kappa shape index (κ1) is 26.3. The normalized spacial score (nSPS) is 18.0. The molecule has 0 aromatic heterocycles. The minimum Gasteiger partial charge on any atom is -0.394 e. The van der Waals surface area contributed by atoms with Crippen LogP contribution in [-0.2, 0) is 4.79 Å². The monoisotopic (exact) mass is 579 g/mol. The number of nitrogens with two attached hydrogens (primary N) is 1. The Balaban J connectivity index is 1.57. The second-order valence-electron chi connectivity index (χ2n) is 7.85. The van der Waals surface area contributed by atoms with E-state index in [4.69, 9.17) is 52.1 Å². The topological polar surface area (TPSA) is 84.2 Å². The van der Waals surface area contributed by atoms with Crippen LogP contribution in [0.1, 0.15) is 21.8 Å². The Bertz CT molecular complexity index is 1420. The molecule has 0 bridgehead atoms. The summed E-state index contributed by atoms with van der Waals surface area (Å²) in [5.41, 5.74) is 3.13. The lowest BCUT2D eigenvalue weighted by molar-refractivity contribution is -0.117. The van der Waals surface area contributed by atoms with Crippen molar-refractivity contribution in [3.8, 4) is 0 Å². The molecule has 36 heavy (non-hydrogen) atoms. The van der Waals surface area contributed by atoms with E-state index in [2.05, 4.69) is 10.6 Å². The molecule has 3 aromatic carbocycles. The highest BCUT2D eigenvalue weighted by atomic mass is 35.5. The summed E-state index contributed by atoms with van der Waals surface area (Å²) in [6.07, 6.45) is 0. The summed E-state index contributed by atoms with van der Waals surface area (Å²) in [6, 6.07) is 7.67. The molecule has 0 heterocycles. The second-order valence-corrected chi connectivity index (χ2v) is 10.1. The Morgan fingerprint density at radius 1 is 0.833 bits per heavy atom. The van der Waals surface area contributed by atoms with E-state index in [-0.39, 0.29) is 10.0 Å². The van der Waals surface area contributed by atoms with Gasteiger partial charge in [0.15, 0.2) is 11.6 Å². The van der Waals surface area contributed by atoms with E-state index in [1.54, 1.807) is 0 Å². The van der Waals surface area contributed by atoms with Gasteiger partial charge in [0, 0.05) is 5.92 Å². The van der Waals surface area contributed by atoms with Crippen molar-refractivity contribution in [1.29, 1.82) is 0 Å². The molecule has 1 aliphatic carbocycles. The molecule has 1 unspecified atom stereocenters. The van der Waals surface area contributed by atoms with Gasteiger partial charge in [0.25, 0.3) is 5.91 Å². The maximum atomic E-state index is 15.2. The zero-order valence-electron chi connectivity index (χ0n) is 17.6. The molecular weight excluding hydrogens is 568 g/mol. The largest absolute Gasteiger partial charge is 0.394 e. The van der Waals surface area contributed by atoms with Crippen LogP contribution in [0.4, 0.5) is 34.6 Å². The van der Waals surface area contributed by atoms with E-state index in [1.165, 1.54) is 12.1 Å². The lowest BCUT2D eigenvalue weighted by Crippen LogP contribution is -2.21. The van der Waals surface area contributed by atoms with Crippen molar-refractivity contribution in [2.24, 2.45) is 5.92 Å². The van der Waals surface area contributed by atoms with Crippen molar-refractivity contribution < 1.29 is 27.2 Å². The molecule has 4 N–H and O–H groups in total. The van der Waals surface area contributed by atoms with Gasteiger partial charge in [-0.1, -0.05) is 29.3 Å². The average Bonchev–Trinajstić information content (AvgIpc) is 3.40. The van der Waals surface area contributed by atoms with Gasteiger partial charge >= 0.3 is 0 Å². The highest BCUT2D eigenvalue weighted by molar-refractivity contribution is 6.53. The van der Waals surface area contributed by atoms with E-state index >= 15 is 4.39 Å². The molecule has 0 saturated heterocycles. The van der Waals surface area contributed by atoms with Gasteiger partial charge in [-0.3, -0.25) is 9.59 Å². The fourth-order valence-corrected chi connectivity index (χ4v) is 4.94. The minimum absolute atomic E-state index is 0.193. The first-order valence-electron chi connectivity index (χ1n) is 10.0. The Morgan fingerprint density at radius 2 is 1.44 bits per heavy atom. The third-order valence-corrected chi connectivity index (χ3v) is 7.13. The molecule has 0 spiro atoms. The number of rotatable bonds is 5. The van der Waals surface area contributed by atoms with E-state index in [0.29, 0.717) is 5.56 Å². The molecule has 5 nitrogen and oxygen atoms in total. The minimum atomic E-state index is -1.59. The van der Waals surface area contributed by atoms with Gasteiger partial charge in [-0.2, -0.15) is 0 Å². The van der Waals surface area contributed by atoms with E-state index in [1.807, 2.05) is 0 Å². The van der Waals surface area contributed by atoms with Gasteiger partial charge in [-0.05, 0) is 42.0 Å². The Morgan fingerprint density at radius 3 is 2.11 bits per heavy atom. The van der Waals surface area contributed by atoms with Crippen molar-refractivity contribution in [3.63, 3.8) is 0 Å². The number of benzene rings is 3. The zero-order chi connectivity index (χ0) is 26.5. The molecule has 1 fully saturated rings. The molecule has 13 heteroatoms. The van der Waals surface area contributed by atoms with Crippen LogP contribution in [0.25, 0.3) is 0 Å². The molecule has 2 atom stereocenters. The molecule has 0 aliphatic heterocycles. The molecule has 188 valence electrons. The molecule has 3 aromatic rings. The number of hydrogen-bond acceptors (Lipinski definition) is 3. The smallest absolute Gasteiger partial charge is 0.260 e. The van der Waals surface area contributed by atoms with Crippen molar-refractivity contribution in [3.05, 3.63) is 86.9 Å². The SMILES string of the molecule is Nc1c(F)ccc(NC(=O)c2c(Cl)ccc(NC(=O)C3[C@H](c4ccc(F)c(Cl)c4)C3(Cl)Cl)c2F)c1F. The summed E-state index contributed by atoms with van der Waals surface area (Å²) in [7, 11) is 0. The summed E-state index contributed by atoms with van der Waals surface area (Å²) in [5.74, 6) is -8.03. The number of alkyl halides is 2. The fraction of sp³-hybridized carbons (Fsp3) is 0.130. The van der Waals surface area contributed by atoms with Crippen LogP contribution in [0.5, 0.6) is 0 Å². The van der Waals surface area contributed by atoms with Crippen LogP contribution in [-0.4, -0.2) is 16.1 Å². The average molecular weight is 581 g/mol. The highest BCUT2D eigenvalue weighted by Crippen LogP contribution is 2.65. The number of halogens is 8. The maximum absolute atomic E-state index is 15.2. The number of anilines is 3. The van der Waals surface area contributed by atoms with Crippen LogP contribution < -0.4 is 16.4 Å². The molecule has 4 rings (SSSR count). The molecule has 0 radical (unpaired) electrons. The van der Waals surface area contributed by atoms with E-state index in [9.17, 15) is 22.8 Å². The quantitative estimate of drug-likeness (QED) is 0.174. The highest BCUT2D eigenvalue weighted by Gasteiger charge is 2.67. The van der Waals surface area contributed by atoms with Gasteiger partial charge in [0.1, 0.15) is 21.7 Å². The lowest BCUT2D eigenvalue weighted by Gasteiger charge is -2.13. The number of carbonyl (C=O) groups excluding carboxylic acids is 2. The van der Waals surface area contributed by atoms with Crippen LogP contribution in [0.3, 0.4) is 0 Å². The van der Waals surface area contributed by atoms with Crippen molar-refractivity contribution >= 4 is 75.3 Å². The second kappa shape index (κ2) is 9.63. The Kier molecular flexibility index (Phi) is 7.04. The molecule has 1 aliphatic rings. The molecule has 2 amide bonds. The third-order valence-electron chi connectivity index (χ3n) is 5.59. The summed E-state index contributed by atoms with van der Waals surface area (Å²) < 4.78 is 54.7. The molecule has 1 saturated carbocycles. The summed E-state index contributed by atoms with van der Waals surface area (Å²) in [4.78, 5) is 25.5. The third kappa shape index (κ3) is 4.68. The first-order valence-corrected chi connectivity index (χ1v) is 11.5. The number of carbonyl (C=O) groups is 2. The van der Waals surface area contributed by atoms with Crippen molar-refractivity contribution in [2.75, 3.05) is 16.4 Å². The summed E-state index contributed by atoms with van der Waals surface area (Å²) in [5, 5.41) is 3.81. The Labute approximate surface area is 221 Å². The zero-order valence-corrected chi connectivity index (χ0v) is 20.6. The number of amides is 2. The van der Waals surface area contributed by atoms with Crippen molar-refractivity contribution in [2.45, 2.75) is 10.3 Å². The summed E-state index contributed by atoms with van der Waals surface area (Å²) in [6.45, 7) is 0. The van der Waals surface area contributed by atoms with Crippen LogP contribution in [0, 0.1) is 29.2 Å². The van der Waals surface area contributed by atoms with Gasteiger partial charge in [-0.15, -0.1) is 23.2 Å². The fourth-order valence-electron chi connectivity index (χ4n) is 3.69. The van der Waals surface area contributed by atoms with Crippen LogP contribution in [0.15, 0.2) is 42.5 Å². The summed E-state index contributed by atoms with van der Waals surface area (Å²) >= 11 is 24.3. The van der Waals surface area contributed by atoms with Crippen molar-refractivity contribution in [1.82, 2.24) is 0 Å². The lowest BCUT2D eigenvalue weighted by atomic mass is 10.1. The predicted molar refractivity (Wildman–Crippen MR) is 131 cm³/mol. The van der Waals surface area contributed by atoms with Crippen LogP contribution >= 0.6 is 46.4 Å². The van der Waals surface area contributed by atoms with Crippen LogP contribution in [0.2, 0.25) is 10.0 Å². The molecular formula is C23H13Cl4F4N3O2.